The third-order valence-corrected chi connectivity index (χ3v) is 3.41. The monoisotopic (exact) mass is 306 g/mol. The van der Waals surface area contributed by atoms with Crippen LogP contribution in [0.15, 0.2) is 24.3 Å². The molecule has 110 valence electrons. The number of hydrogen-bond acceptors (Lipinski definition) is 2. The Morgan fingerprint density at radius 3 is 2.65 bits per heavy atom. The maximum Gasteiger partial charge on any atom is 0.406 e. The van der Waals surface area contributed by atoms with Crippen molar-refractivity contribution in [2.24, 2.45) is 0 Å². The lowest BCUT2D eigenvalue weighted by Gasteiger charge is -2.25. The van der Waals surface area contributed by atoms with E-state index in [0.717, 1.165) is 4.90 Å². The van der Waals surface area contributed by atoms with E-state index in [1.54, 1.807) is 31.2 Å². The average Bonchev–Trinajstić information content (AvgIpc) is 2.65. The highest BCUT2D eigenvalue weighted by Gasteiger charge is 2.44. The maximum atomic E-state index is 12.6. The molecule has 1 heterocycles. The molecule has 2 atom stereocenters. The molecule has 0 spiro atoms. The van der Waals surface area contributed by atoms with Gasteiger partial charge in [-0.3, -0.25) is 10.1 Å². The Morgan fingerprint density at radius 2 is 2.10 bits per heavy atom. The van der Waals surface area contributed by atoms with Crippen molar-refractivity contribution in [3.05, 3.63) is 34.9 Å². The molecule has 0 saturated carbocycles. The summed E-state index contributed by atoms with van der Waals surface area (Å²) < 4.78 is 37.9. The minimum atomic E-state index is -4.43. The van der Waals surface area contributed by atoms with Crippen molar-refractivity contribution >= 4 is 17.5 Å². The molecule has 0 bridgehead atoms. The summed E-state index contributed by atoms with van der Waals surface area (Å²) in [7, 11) is 0. The predicted octanol–water partition coefficient (Wildman–Crippen LogP) is 3.11. The Morgan fingerprint density at radius 1 is 1.40 bits per heavy atom. The minimum Gasteiger partial charge on any atom is -0.312 e. The number of alkyl halides is 3. The van der Waals surface area contributed by atoms with Gasteiger partial charge in [0.2, 0.25) is 5.91 Å². The molecule has 1 fully saturated rings. The highest BCUT2D eigenvalue weighted by atomic mass is 35.5. The van der Waals surface area contributed by atoms with Gasteiger partial charge in [-0.15, -0.1) is 0 Å². The highest BCUT2D eigenvalue weighted by molar-refractivity contribution is 6.30. The van der Waals surface area contributed by atoms with Gasteiger partial charge in [0.25, 0.3) is 0 Å². The van der Waals surface area contributed by atoms with Crippen LogP contribution in [0.4, 0.5) is 13.2 Å². The summed E-state index contributed by atoms with van der Waals surface area (Å²) in [5, 5.41) is 3.34. The van der Waals surface area contributed by atoms with Crippen LogP contribution in [0.2, 0.25) is 5.02 Å². The molecule has 3 nitrogen and oxygen atoms in total. The van der Waals surface area contributed by atoms with Gasteiger partial charge in [-0.2, -0.15) is 13.2 Å². The first kappa shape index (κ1) is 15.1. The summed E-state index contributed by atoms with van der Waals surface area (Å²) in [4.78, 5) is 12.8. The molecular weight excluding hydrogens is 293 g/mol. The first-order chi connectivity index (χ1) is 9.31. The van der Waals surface area contributed by atoms with Crippen molar-refractivity contribution in [2.75, 3.05) is 6.54 Å². The number of amides is 1. The van der Waals surface area contributed by atoms with E-state index in [4.69, 9.17) is 11.6 Å². The average molecular weight is 307 g/mol. The zero-order valence-electron chi connectivity index (χ0n) is 10.7. The molecule has 2 rings (SSSR count). The fraction of sp³-hybridized carbons (Fsp3) is 0.462. The van der Waals surface area contributed by atoms with E-state index in [9.17, 15) is 18.0 Å². The smallest absolute Gasteiger partial charge is 0.312 e. The summed E-state index contributed by atoms with van der Waals surface area (Å²) >= 11 is 5.86. The second kappa shape index (κ2) is 5.61. The second-order valence-corrected chi connectivity index (χ2v) is 5.10. The number of carbonyl (C=O) groups is 1. The van der Waals surface area contributed by atoms with E-state index >= 15 is 0 Å². The Balaban J connectivity index is 2.31. The topological polar surface area (TPSA) is 32.3 Å². The van der Waals surface area contributed by atoms with Crippen LogP contribution >= 0.6 is 11.6 Å². The van der Waals surface area contributed by atoms with E-state index in [2.05, 4.69) is 5.32 Å². The summed E-state index contributed by atoms with van der Waals surface area (Å²) in [6.07, 6.45) is -4.80. The van der Waals surface area contributed by atoms with Crippen molar-refractivity contribution < 1.29 is 18.0 Å². The zero-order valence-corrected chi connectivity index (χ0v) is 11.5. The number of carbonyl (C=O) groups excluding carboxylic acids is 1. The molecule has 1 N–H and O–H groups in total. The quantitative estimate of drug-likeness (QED) is 0.930. The second-order valence-electron chi connectivity index (χ2n) is 4.67. The number of hydrogen-bond donors (Lipinski definition) is 1. The van der Waals surface area contributed by atoms with Crippen LogP contribution in [0.25, 0.3) is 0 Å². The first-order valence-electron chi connectivity index (χ1n) is 6.20. The number of halogens is 4. The molecule has 7 heteroatoms. The van der Waals surface area contributed by atoms with Crippen molar-refractivity contribution in [3.8, 4) is 0 Å². The minimum absolute atomic E-state index is 0.420. The molecule has 20 heavy (non-hydrogen) atoms. The fourth-order valence-corrected chi connectivity index (χ4v) is 2.49. The Kier molecular flexibility index (Phi) is 4.25. The summed E-state index contributed by atoms with van der Waals surface area (Å²) in [6.45, 7) is 0.480. The lowest BCUT2D eigenvalue weighted by molar-refractivity contribution is -0.161. The van der Waals surface area contributed by atoms with Gasteiger partial charge in [0, 0.05) is 5.02 Å². The maximum absolute atomic E-state index is 12.6. The molecule has 1 aliphatic rings. The van der Waals surface area contributed by atoms with Gasteiger partial charge in [0.05, 0.1) is 6.04 Å². The van der Waals surface area contributed by atoms with Crippen LogP contribution in [0, 0.1) is 0 Å². The van der Waals surface area contributed by atoms with Crippen molar-refractivity contribution in [2.45, 2.75) is 31.7 Å². The van der Waals surface area contributed by atoms with Crippen LogP contribution in [-0.2, 0) is 4.79 Å². The predicted molar refractivity (Wildman–Crippen MR) is 69.2 cm³/mol. The van der Waals surface area contributed by atoms with Gasteiger partial charge in [-0.05, 0) is 24.1 Å². The molecule has 1 aromatic carbocycles. The Hall–Kier alpha value is -1.27. The number of benzene rings is 1. The van der Waals surface area contributed by atoms with Crippen LogP contribution in [0.3, 0.4) is 0 Å². The molecule has 1 aliphatic heterocycles. The third kappa shape index (κ3) is 3.24. The van der Waals surface area contributed by atoms with Gasteiger partial charge in [-0.25, -0.2) is 0 Å². The number of nitrogens with zero attached hydrogens (tertiary/aromatic N) is 1. The van der Waals surface area contributed by atoms with Gasteiger partial charge >= 0.3 is 6.18 Å². The molecule has 0 aliphatic carbocycles. The van der Waals surface area contributed by atoms with Crippen LogP contribution in [0.5, 0.6) is 0 Å². The zero-order chi connectivity index (χ0) is 14.9. The lowest BCUT2D eigenvalue weighted by atomic mass is 10.1. The Labute approximate surface area is 119 Å². The molecular formula is C13H14ClF3N2O. The van der Waals surface area contributed by atoms with Gasteiger partial charge in [-0.1, -0.05) is 30.7 Å². The Bertz CT molecular complexity index is 507. The SMILES string of the molecule is CCC1NC(c2cccc(Cl)c2)N(CC(F)(F)F)C1=O. The van der Waals surface area contributed by atoms with Crippen LogP contribution in [0.1, 0.15) is 25.1 Å². The first-order valence-corrected chi connectivity index (χ1v) is 6.58. The van der Waals surface area contributed by atoms with Gasteiger partial charge < -0.3 is 4.90 Å². The summed E-state index contributed by atoms with van der Waals surface area (Å²) in [6, 6.07) is 5.90. The van der Waals surface area contributed by atoms with Crippen molar-refractivity contribution in [3.63, 3.8) is 0 Å². The van der Waals surface area contributed by atoms with E-state index in [1.807, 2.05) is 0 Å². The molecule has 1 saturated heterocycles. The number of nitrogens with one attached hydrogen (secondary N) is 1. The van der Waals surface area contributed by atoms with E-state index in [0.29, 0.717) is 17.0 Å². The molecule has 2 unspecified atom stereocenters. The standard InChI is InChI=1S/C13H14ClF3N2O/c1-2-10-12(20)19(7-13(15,16)17)11(18-10)8-4-3-5-9(14)6-8/h3-6,10-11,18H,2,7H2,1H3. The van der Waals surface area contributed by atoms with Crippen LogP contribution in [-0.4, -0.2) is 29.6 Å². The summed E-state index contributed by atoms with van der Waals surface area (Å²) in [5.74, 6) is -0.533. The van der Waals surface area contributed by atoms with E-state index in [-0.39, 0.29) is 0 Å². The van der Waals surface area contributed by atoms with Crippen molar-refractivity contribution in [1.82, 2.24) is 10.2 Å². The molecule has 1 aromatic rings. The highest BCUT2D eigenvalue weighted by Crippen LogP contribution is 2.31. The molecule has 0 aromatic heterocycles. The van der Waals surface area contributed by atoms with Gasteiger partial charge in [0.1, 0.15) is 12.7 Å². The largest absolute Gasteiger partial charge is 0.406 e. The normalized spacial score (nSPS) is 23.4. The molecule has 1 amide bonds. The van der Waals surface area contributed by atoms with E-state index < -0.39 is 30.8 Å². The van der Waals surface area contributed by atoms with Crippen LogP contribution < -0.4 is 5.32 Å². The summed E-state index contributed by atoms with van der Waals surface area (Å²) in [5.41, 5.74) is 0.547. The lowest BCUT2D eigenvalue weighted by Crippen LogP contribution is -2.38. The van der Waals surface area contributed by atoms with Crippen molar-refractivity contribution in [1.29, 1.82) is 0 Å². The fourth-order valence-electron chi connectivity index (χ4n) is 2.29. The number of rotatable bonds is 3. The third-order valence-electron chi connectivity index (χ3n) is 3.17. The van der Waals surface area contributed by atoms with Gasteiger partial charge in [0.15, 0.2) is 0 Å². The molecule has 0 radical (unpaired) electrons. The van der Waals surface area contributed by atoms with E-state index in [1.165, 1.54) is 0 Å².